The SMILES string of the molecule is Cc1ccc2c(CN3CCN(c4cc(Cl)ccc4C)CC3)cc(=O)oc2c1. The van der Waals surface area contributed by atoms with Gasteiger partial charge in [0.25, 0.3) is 0 Å². The van der Waals surface area contributed by atoms with Crippen LogP contribution in [-0.4, -0.2) is 31.1 Å². The molecule has 0 bridgehead atoms. The number of halogens is 1. The van der Waals surface area contributed by atoms with E-state index in [-0.39, 0.29) is 5.63 Å². The third-order valence-electron chi connectivity index (χ3n) is 5.26. The Morgan fingerprint density at radius 3 is 2.56 bits per heavy atom. The van der Waals surface area contributed by atoms with Crippen LogP contribution in [0.2, 0.25) is 5.02 Å². The minimum Gasteiger partial charge on any atom is -0.423 e. The molecule has 5 heteroatoms. The highest BCUT2D eigenvalue weighted by atomic mass is 35.5. The van der Waals surface area contributed by atoms with Crippen LogP contribution in [0.15, 0.2) is 51.7 Å². The van der Waals surface area contributed by atoms with Gasteiger partial charge >= 0.3 is 5.63 Å². The maximum absolute atomic E-state index is 12.0. The van der Waals surface area contributed by atoms with E-state index in [4.69, 9.17) is 16.0 Å². The maximum atomic E-state index is 12.0. The third kappa shape index (κ3) is 3.87. The van der Waals surface area contributed by atoms with E-state index in [1.807, 2.05) is 25.1 Å². The lowest BCUT2D eigenvalue weighted by Gasteiger charge is -2.37. The maximum Gasteiger partial charge on any atom is 0.336 e. The summed E-state index contributed by atoms with van der Waals surface area (Å²) in [4.78, 5) is 16.7. The first-order valence-corrected chi connectivity index (χ1v) is 9.64. The largest absolute Gasteiger partial charge is 0.423 e. The second kappa shape index (κ2) is 7.37. The second-order valence-corrected chi connectivity index (χ2v) is 7.72. The van der Waals surface area contributed by atoms with Gasteiger partial charge in [-0.15, -0.1) is 0 Å². The number of piperazine rings is 1. The molecule has 0 aliphatic carbocycles. The average Bonchev–Trinajstić information content (AvgIpc) is 2.64. The monoisotopic (exact) mass is 382 g/mol. The van der Waals surface area contributed by atoms with Crippen LogP contribution < -0.4 is 10.5 Å². The lowest BCUT2D eigenvalue weighted by Crippen LogP contribution is -2.46. The Kier molecular flexibility index (Phi) is 4.94. The van der Waals surface area contributed by atoms with Crippen molar-refractivity contribution in [2.45, 2.75) is 20.4 Å². The molecule has 1 fully saturated rings. The number of benzene rings is 2. The molecule has 4 rings (SSSR count). The summed E-state index contributed by atoms with van der Waals surface area (Å²) in [5, 5.41) is 1.80. The van der Waals surface area contributed by atoms with Crippen molar-refractivity contribution < 1.29 is 4.42 Å². The standard InChI is InChI=1S/C22H23ClN2O2/c1-15-3-6-19-17(12-22(26)27-21(19)11-15)14-24-7-9-25(10-8-24)20-13-18(23)5-4-16(20)2/h3-6,11-13H,7-10,14H2,1-2H3. The molecule has 140 valence electrons. The molecule has 0 N–H and O–H groups in total. The molecule has 4 nitrogen and oxygen atoms in total. The van der Waals surface area contributed by atoms with E-state index >= 15 is 0 Å². The summed E-state index contributed by atoms with van der Waals surface area (Å²) in [7, 11) is 0. The molecule has 2 aromatic carbocycles. The third-order valence-corrected chi connectivity index (χ3v) is 5.50. The Bertz CT molecular complexity index is 1040. The molecule has 2 heterocycles. The number of anilines is 1. The summed E-state index contributed by atoms with van der Waals surface area (Å²) in [6, 6.07) is 13.7. The van der Waals surface area contributed by atoms with Crippen LogP contribution in [0.3, 0.4) is 0 Å². The second-order valence-electron chi connectivity index (χ2n) is 7.28. The predicted octanol–water partition coefficient (Wildman–Crippen LogP) is 4.39. The van der Waals surface area contributed by atoms with E-state index in [1.165, 1.54) is 11.3 Å². The molecule has 1 aliphatic heterocycles. The molecule has 0 spiro atoms. The van der Waals surface area contributed by atoms with Crippen LogP contribution in [0, 0.1) is 13.8 Å². The molecule has 27 heavy (non-hydrogen) atoms. The summed E-state index contributed by atoms with van der Waals surface area (Å²) in [6.45, 7) is 8.66. The van der Waals surface area contributed by atoms with Crippen molar-refractivity contribution in [1.29, 1.82) is 0 Å². The number of hydrogen-bond acceptors (Lipinski definition) is 4. The van der Waals surface area contributed by atoms with Gasteiger partial charge in [0.2, 0.25) is 0 Å². The van der Waals surface area contributed by atoms with Gasteiger partial charge < -0.3 is 9.32 Å². The Labute approximate surface area is 164 Å². The molecule has 0 radical (unpaired) electrons. The van der Waals surface area contributed by atoms with Crippen molar-refractivity contribution in [3.05, 3.63) is 74.6 Å². The Morgan fingerprint density at radius 1 is 1.00 bits per heavy atom. The van der Waals surface area contributed by atoms with Gasteiger partial charge in [-0.2, -0.15) is 0 Å². The quantitative estimate of drug-likeness (QED) is 0.630. The highest BCUT2D eigenvalue weighted by Crippen LogP contribution is 2.26. The average molecular weight is 383 g/mol. The molecule has 1 aliphatic rings. The fourth-order valence-electron chi connectivity index (χ4n) is 3.78. The number of fused-ring (bicyclic) bond motifs is 1. The molecule has 1 saturated heterocycles. The van der Waals surface area contributed by atoms with Crippen molar-refractivity contribution in [3.8, 4) is 0 Å². The van der Waals surface area contributed by atoms with Crippen molar-refractivity contribution in [2.24, 2.45) is 0 Å². The van der Waals surface area contributed by atoms with E-state index in [0.717, 1.165) is 54.3 Å². The van der Waals surface area contributed by atoms with Gasteiger partial charge in [0.1, 0.15) is 5.58 Å². The zero-order valence-electron chi connectivity index (χ0n) is 15.7. The fraction of sp³-hybridized carbons (Fsp3) is 0.318. The molecule has 0 unspecified atom stereocenters. The molecule has 0 atom stereocenters. The van der Waals surface area contributed by atoms with Crippen LogP contribution in [-0.2, 0) is 6.54 Å². The van der Waals surface area contributed by atoms with Crippen molar-refractivity contribution in [1.82, 2.24) is 4.90 Å². The highest BCUT2D eigenvalue weighted by molar-refractivity contribution is 6.30. The van der Waals surface area contributed by atoms with E-state index in [0.29, 0.717) is 5.58 Å². The minimum absolute atomic E-state index is 0.281. The smallest absolute Gasteiger partial charge is 0.336 e. The van der Waals surface area contributed by atoms with E-state index in [1.54, 1.807) is 6.07 Å². The molecule has 3 aromatic rings. The van der Waals surface area contributed by atoms with Crippen LogP contribution in [0.1, 0.15) is 16.7 Å². The van der Waals surface area contributed by atoms with Gasteiger partial charge in [0.05, 0.1) is 0 Å². The van der Waals surface area contributed by atoms with E-state index in [2.05, 4.69) is 34.9 Å². The zero-order chi connectivity index (χ0) is 19.0. The Balaban J connectivity index is 1.51. The van der Waals surface area contributed by atoms with Gasteiger partial charge in [-0.25, -0.2) is 4.79 Å². The normalized spacial score (nSPS) is 15.4. The first-order chi connectivity index (χ1) is 13.0. The van der Waals surface area contributed by atoms with Crippen LogP contribution in [0.25, 0.3) is 11.0 Å². The molecule has 0 saturated carbocycles. The summed E-state index contributed by atoms with van der Waals surface area (Å²) < 4.78 is 5.38. The fourth-order valence-corrected chi connectivity index (χ4v) is 3.95. The summed E-state index contributed by atoms with van der Waals surface area (Å²) in [5.41, 5.74) is 4.97. The molecular weight excluding hydrogens is 360 g/mol. The molecule has 0 amide bonds. The summed E-state index contributed by atoms with van der Waals surface area (Å²) in [5.74, 6) is 0. The lowest BCUT2D eigenvalue weighted by molar-refractivity contribution is 0.250. The van der Waals surface area contributed by atoms with E-state index < -0.39 is 0 Å². The predicted molar refractivity (Wildman–Crippen MR) is 111 cm³/mol. The lowest BCUT2D eigenvalue weighted by atomic mass is 10.1. The number of hydrogen-bond donors (Lipinski definition) is 0. The first-order valence-electron chi connectivity index (χ1n) is 9.26. The number of nitrogens with zero attached hydrogens (tertiary/aromatic N) is 2. The van der Waals surface area contributed by atoms with Crippen LogP contribution in [0.5, 0.6) is 0 Å². The summed E-state index contributed by atoms with van der Waals surface area (Å²) in [6.07, 6.45) is 0. The number of aryl methyl sites for hydroxylation is 2. The topological polar surface area (TPSA) is 36.7 Å². The first kappa shape index (κ1) is 18.1. The Morgan fingerprint density at radius 2 is 1.78 bits per heavy atom. The number of rotatable bonds is 3. The molecule has 1 aromatic heterocycles. The van der Waals surface area contributed by atoms with Gasteiger partial charge in [-0.3, -0.25) is 4.90 Å². The van der Waals surface area contributed by atoms with E-state index in [9.17, 15) is 4.79 Å². The zero-order valence-corrected chi connectivity index (χ0v) is 16.4. The van der Waals surface area contributed by atoms with Gasteiger partial charge in [-0.1, -0.05) is 29.8 Å². The highest BCUT2D eigenvalue weighted by Gasteiger charge is 2.20. The van der Waals surface area contributed by atoms with Crippen molar-refractivity contribution in [3.63, 3.8) is 0 Å². The van der Waals surface area contributed by atoms with Crippen LogP contribution in [0.4, 0.5) is 5.69 Å². The minimum atomic E-state index is -0.281. The summed E-state index contributed by atoms with van der Waals surface area (Å²) >= 11 is 6.18. The van der Waals surface area contributed by atoms with Crippen molar-refractivity contribution in [2.75, 3.05) is 31.1 Å². The van der Waals surface area contributed by atoms with Crippen LogP contribution >= 0.6 is 11.6 Å². The van der Waals surface area contributed by atoms with Gasteiger partial charge in [-0.05, 0) is 48.7 Å². The van der Waals surface area contributed by atoms with Gasteiger partial charge in [0.15, 0.2) is 0 Å². The Hall–Kier alpha value is -2.30. The molecular formula is C22H23ClN2O2. The van der Waals surface area contributed by atoms with Gasteiger partial charge in [0, 0.05) is 54.9 Å². The van der Waals surface area contributed by atoms with Crippen molar-refractivity contribution >= 4 is 28.3 Å².